The summed E-state index contributed by atoms with van der Waals surface area (Å²) < 4.78 is 0. The van der Waals surface area contributed by atoms with Crippen molar-refractivity contribution in [2.75, 3.05) is 31.6 Å². The first-order valence-electron chi connectivity index (χ1n) is 9.90. The van der Waals surface area contributed by atoms with Gasteiger partial charge in [0.2, 0.25) is 0 Å². The standard InChI is InChI=1S/C22H31N5.HI/c1-4-27(5-2)20-12-11-18(15-24-20)16-25-21(23-3)26-17-22(13-14-22)19-9-7-6-8-10-19;/h6-12,15H,4-5,13-14,16-17H2,1-3H3,(H2,23,25,26);1H. The number of rotatable bonds is 8. The highest BCUT2D eigenvalue weighted by atomic mass is 127. The summed E-state index contributed by atoms with van der Waals surface area (Å²) in [6, 6.07) is 15.0. The second kappa shape index (κ2) is 10.6. The fourth-order valence-electron chi connectivity index (χ4n) is 3.43. The van der Waals surface area contributed by atoms with Crippen LogP contribution < -0.4 is 15.5 Å². The van der Waals surface area contributed by atoms with E-state index in [2.05, 4.69) is 81.8 Å². The van der Waals surface area contributed by atoms with E-state index < -0.39 is 0 Å². The van der Waals surface area contributed by atoms with Gasteiger partial charge in [0.1, 0.15) is 5.82 Å². The highest BCUT2D eigenvalue weighted by molar-refractivity contribution is 14.0. The van der Waals surface area contributed by atoms with Crippen LogP contribution in [0.4, 0.5) is 5.82 Å². The number of aliphatic imine (C=N–C) groups is 1. The van der Waals surface area contributed by atoms with Gasteiger partial charge in [-0.05, 0) is 43.9 Å². The molecule has 28 heavy (non-hydrogen) atoms. The van der Waals surface area contributed by atoms with E-state index in [0.29, 0.717) is 6.54 Å². The van der Waals surface area contributed by atoms with Crippen molar-refractivity contribution in [3.05, 3.63) is 59.8 Å². The first-order valence-corrected chi connectivity index (χ1v) is 9.90. The molecule has 0 amide bonds. The predicted octanol–water partition coefficient (Wildman–Crippen LogP) is 3.94. The zero-order valence-electron chi connectivity index (χ0n) is 17.1. The topological polar surface area (TPSA) is 52.5 Å². The van der Waals surface area contributed by atoms with Crippen molar-refractivity contribution in [3.63, 3.8) is 0 Å². The zero-order chi connectivity index (χ0) is 19.1. The molecule has 0 unspecified atom stereocenters. The Morgan fingerprint density at radius 2 is 1.79 bits per heavy atom. The monoisotopic (exact) mass is 493 g/mol. The van der Waals surface area contributed by atoms with E-state index in [1.54, 1.807) is 0 Å². The molecular formula is C22H32IN5. The number of hydrogen-bond acceptors (Lipinski definition) is 3. The van der Waals surface area contributed by atoms with Gasteiger partial charge in [0, 0.05) is 44.8 Å². The maximum absolute atomic E-state index is 4.59. The molecule has 152 valence electrons. The van der Waals surface area contributed by atoms with Gasteiger partial charge in [0.25, 0.3) is 0 Å². The molecular weight excluding hydrogens is 461 g/mol. The van der Waals surface area contributed by atoms with E-state index in [1.165, 1.54) is 18.4 Å². The molecule has 0 spiro atoms. The molecule has 0 bridgehead atoms. The Hall–Kier alpha value is -1.83. The van der Waals surface area contributed by atoms with Crippen molar-refractivity contribution < 1.29 is 0 Å². The highest BCUT2D eigenvalue weighted by Gasteiger charge is 2.43. The molecule has 1 heterocycles. The lowest BCUT2D eigenvalue weighted by atomic mass is 9.96. The zero-order valence-corrected chi connectivity index (χ0v) is 19.4. The van der Waals surface area contributed by atoms with Crippen molar-refractivity contribution in [1.82, 2.24) is 15.6 Å². The number of nitrogens with zero attached hydrogens (tertiary/aromatic N) is 3. The van der Waals surface area contributed by atoms with Crippen LogP contribution in [0.1, 0.15) is 37.8 Å². The van der Waals surface area contributed by atoms with Gasteiger partial charge in [-0.25, -0.2) is 4.98 Å². The van der Waals surface area contributed by atoms with E-state index >= 15 is 0 Å². The normalized spacial score (nSPS) is 14.8. The summed E-state index contributed by atoms with van der Waals surface area (Å²) in [5, 5.41) is 6.90. The second-order valence-corrected chi connectivity index (χ2v) is 7.12. The quantitative estimate of drug-likeness (QED) is 0.332. The van der Waals surface area contributed by atoms with Gasteiger partial charge in [-0.3, -0.25) is 4.99 Å². The Morgan fingerprint density at radius 3 is 2.32 bits per heavy atom. The molecule has 0 saturated heterocycles. The van der Waals surface area contributed by atoms with Gasteiger partial charge >= 0.3 is 0 Å². The third-order valence-corrected chi connectivity index (χ3v) is 5.41. The molecule has 1 saturated carbocycles. The van der Waals surface area contributed by atoms with Crippen molar-refractivity contribution >= 4 is 35.8 Å². The van der Waals surface area contributed by atoms with E-state index in [9.17, 15) is 0 Å². The summed E-state index contributed by atoms with van der Waals surface area (Å²) >= 11 is 0. The lowest BCUT2D eigenvalue weighted by molar-refractivity contribution is 0.645. The van der Waals surface area contributed by atoms with Crippen LogP contribution in [-0.4, -0.2) is 37.6 Å². The van der Waals surface area contributed by atoms with E-state index in [0.717, 1.165) is 37.0 Å². The van der Waals surface area contributed by atoms with E-state index in [-0.39, 0.29) is 29.4 Å². The minimum atomic E-state index is 0. The third kappa shape index (κ3) is 5.59. The molecule has 6 heteroatoms. The van der Waals surface area contributed by atoms with Gasteiger partial charge in [0.05, 0.1) is 0 Å². The van der Waals surface area contributed by atoms with Gasteiger partial charge in [-0.2, -0.15) is 0 Å². The predicted molar refractivity (Wildman–Crippen MR) is 129 cm³/mol. The first kappa shape index (κ1) is 22.5. The Kier molecular flexibility index (Phi) is 8.54. The molecule has 1 aromatic carbocycles. The fourth-order valence-corrected chi connectivity index (χ4v) is 3.43. The Bertz CT molecular complexity index is 737. The molecule has 1 aliphatic carbocycles. The van der Waals surface area contributed by atoms with Crippen molar-refractivity contribution in [2.45, 2.75) is 38.6 Å². The molecule has 2 aromatic rings. The number of nitrogens with one attached hydrogen (secondary N) is 2. The maximum Gasteiger partial charge on any atom is 0.191 e. The van der Waals surface area contributed by atoms with Gasteiger partial charge in [-0.15, -0.1) is 24.0 Å². The molecule has 2 N–H and O–H groups in total. The number of aromatic nitrogens is 1. The molecule has 1 aromatic heterocycles. The molecule has 0 radical (unpaired) electrons. The number of guanidine groups is 1. The van der Waals surface area contributed by atoms with Gasteiger partial charge in [0.15, 0.2) is 5.96 Å². The summed E-state index contributed by atoms with van der Waals surface area (Å²) in [6.07, 6.45) is 4.41. The fraction of sp³-hybridized carbons (Fsp3) is 0.455. The summed E-state index contributed by atoms with van der Waals surface area (Å²) in [5.74, 6) is 1.87. The Labute approximate surface area is 186 Å². The number of pyridine rings is 1. The molecule has 1 fully saturated rings. The van der Waals surface area contributed by atoms with Gasteiger partial charge in [-0.1, -0.05) is 36.4 Å². The number of benzene rings is 1. The van der Waals surface area contributed by atoms with Crippen LogP contribution in [0, 0.1) is 0 Å². The molecule has 1 aliphatic rings. The lowest BCUT2D eigenvalue weighted by Crippen LogP contribution is -2.40. The molecule has 3 rings (SSSR count). The second-order valence-electron chi connectivity index (χ2n) is 7.12. The average molecular weight is 493 g/mol. The first-order chi connectivity index (χ1) is 13.2. The van der Waals surface area contributed by atoms with Crippen LogP contribution in [0.25, 0.3) is 0 Å². The van der Waals surface area contributed by atoms with Crippen LogP contribution in [0.15, 0.2) is 53.7 Å². The lowest BCUT2D eigenvalue weighted by Gasteiger charge is -2.20. The smallest absolute Gasteiger partial charge is 0.191 e. The molecule has 0 aliphatic heterocycles. The van der Waals surface area contributed by atoms with Crippen molar-refractivity contribution in [1.29, 1.82) is 0 Å². The number of halogens is 1. The summed E-state index contributed by atoms with van der Waals surface area (Å²) in [7, 11) is 1.82. The summed E-state index contributed by atoms with van der Waals surface area (Å²) in [5.41, 5.74) is 2.84. The van der Waals surface area contributed by atoms with Crippen LogP contribution in [-0.2, 0) is 12.0 Å². The summed E-state index contributed by atoms with van der Waals surface area (Å²) in [4.78, 5) is 11.2. The van der Waals surface area contributed by atoms with Crippen molar-refractivity contribution in [2.24, 2.45) is 4.99 Å². The number of hydrogen-bond donors (Lipinski definition) is 2. The van der Waals surface area contributed by atoms with E-state index in [4.69, 9.17) is 0 Å². The molecule has 0 atom stereocenters. The average Bonchev–Trinajstić information content (AvgIpc) is 3.52. The van der Waals surface area contributed by atoms with Crippen LogP contribution in [0.3, 0.4) is 0 Å². The van der Waals surface area contributed by atoms with Gasteiger partial charge < -0.3 is 15.5 Å². The largest absolute Gasteiger partial charge is 0.357 e. The Morgan fingerprint density at radius 1 is 1.07 bits per heavy atom. The SMILES string of the molecule is CCN(CC)c1ccc(CNC(=NC)NCC2(c3ccccc3)CC2)cn1.I. The van der Waals surface area contributed by atoms with Crippen molar-refractivity contribution in [3.8, 4) is 0 Å². The maximum atomic E-state index is 4.59. The minimum absolute atomic E-state index is 0. The van der Waals surface area contributed by atoms with Crippen LogP contribution in [0.2, 0.25) is 0 Å². The Balaban J connectivity index is 0.00000280. The molecule has 5 nitrogen and oxygen atoms in total. The number of anilines is 1. The summed E-state index contributed by atoms with van der Waals surface area (Å²) in [6.45, 7) is 7.87. The van der Waals surface area contributed by atoms with E-state index in [1.807, 2.05) is 13.2 Å². The van der Waals surface area contributed by atoms with Crippen LogP contribution in [0.5, 0.6) is 0 Å². The minimum Gasteiger partial charge on any atom is -0.357 e. The highest BCUT2D eigenvalue weighted by Crippen LogP contribution is 2.47. The third-order valence-electron chi connectivity index (χ3n) is 5.41. The van der Waals surface area contributed by atoms with Crippen LogP contribution >= 0.6 is 24.0 Å².